The van der Waals surface area contributed by atoms with E-state index in [1.807, 2.05) is 0 Å². The SMILES string of the molecule is NC(CCC(=O)O)C(=O)[O-].[KH].[Na+]. The fourth-order valence-corrected chi connectivity index (χ4v) is 0.397. The Morgan fingerprint density at radius 2 is 1.92 bits per heavy atom. The van der Waals surface area contributed by atoms with Crippen LogP contribution in [0.3, 0.4) is 0 Å². The molecule has 12 heavy (non-hydrogen) atoms. The average molecular weight is 209 g/mol. The molecule has 0 heterocycles. The summed E-state index contributed by atoms with van der Waals surface area (Å²) in [7, 11) is 0. The molecule has 0 aromatic carbocycles. The number of carbonyl (C=O) groups is 2. The summed E-state index contributed by atoms with van der Waals surface area (Å²) in [6.07, 6.45) is -0.327. The summed E-state index contributed by atoms with van der Waals surface area (Å²) in [4.78, 5) is 19.7. The van der Waals surface area contributed by atoms with E-state index in [1.54, 1.807) is 0 Å². The summed E-state index contributed by atoms with van der Waals surface area (Å²) in [5.41, 5.74) is 4.94. The van der Waals surface area contributed by atoms with Gasteiger partial charge in [-0.1, -0.05) is 0 Å². The van der Waals surface area contributed by atoms with Crippen molar-refractivity contribution < 1.29 is 49.4 Å². The first-order valence-corrected chi connectivity index (χ1v) is 2.72. The number of carboxylic acids is 2. The quantitative estimate of drug-likeness (QED) is 0.449. The first-order valence-electron chi connectivity index (χ1n) is 2.72. The Labute approximate surface area is 135 Å². The molecule has 0 bridgehead atoms. The third kappa shape index (κ3) is 11.5. The molecule has 0 fully saturated rings. The van der Waals surface area contributed by atoms with Gasteiger partial charge in [-0.25, -0.2) is 0 Å². The van der Waals surface area contributed by atoms with E-state index in [0.29, 0.717) is 0 Å². The third-order valence-corrected chi connectivity index (χ3v) is 0.972. The second-order valence-corrected chi connectivity index (χ2v) is 1.86. The van der Waals surface area contributed by atoms with Crippen molar-refractivity contribution in [3.63, 3.8) is 0 Å². The van der Waals surface area contributed by atoms with E-state index in [1.165, 1.54) is 0 Å². The molecule has 3 N–H and O–H groups in total. The largest absolute Gasteiger partial charge is 1.00 e. The number of hydrogen-bond acceptors (Lipinski definition) is 4. The Bertz CT molecular complexity index is 154. The number of carboxylic acid groups (broad SMARTS) is 2. The number of nitrogens with two attached hydrogens (primary N) is 1. The smallest absolute Gasteiger partial charge is 1.00 e. The Hall–Kier alpha value is 1.54. The first kappa shape index (κ1) is 19.2. The standard InChI is InChI=1S/C5H9NO4.K.Na.H/c6-3(5(9)10)1-2-4(7)8;;;/h3H,1-2,6H2,(H,7,8)(H,9,10);;;/q;;+1;/p-1. The summed E-state index contributed by atoms with van der Waals surface area (Å²) in [6, 6.07) is -1.17. The molecule has 0 rings (SSSR count). The van der Waals surface area contributed by atoms with E-state index >= 15 is 0 Å². The van der Waals surface area contributed by atoms with Gasteiger partial charge in [0.25, 0.3) is 0 Å². The molecule has 0 aliphatic rings. The van der Waals surface area contributed by atoms with Gasteiger partial charge in [-0.3, -0.25) is 4.79 Å². The van der Waals surface area contributed by atoms with E-state index in [0.717, 1.165) is 0 Å². The van der Waals surface area contributed by atoms with Gasteiger partial charge in [-0.2, -0.15) is 0 Å². The van der Waals surface area contributed by atoms with Gasteiger partial charge in [0.05, 0.1) is 5.97 Å². The van der Waals surface area contributed by atoms with Crippen LogP contribution >= 0.6 is 0 Å². The first-order chi connectivity index (χ1) is 4.54. The van der Waals surface area contributed by atoms with Crippen LogP contribution in [0.2, 0.25) is 0 Å². The van der Waals surface area contributed by atoms with E-state index in [4.69, 9.17) is 10.8 Å². The van der Waals surface area contributed by atoms with Gasteiger partial charge in [0.2, 0.25) is 0 Å². The fraction of sp³-hybridized carbons (Fsp3) is 0.600. The van der Waals surface area contributed by atoms with E-state index in [9.17, 15) is 14.7 Å². The second kappa shape index (κ2) is 10.6. The normalized spacial score (nSPS) is 10.4. The summed E-state index contributed by atoms with van der Waals surface area (Å²) in [5, 5.41) is 18.0. The van der Waals surface area contributed by atoms with Crippen LogP contribution in [0.25, 0.3) is 0 Å². The molecule has 0 saturated carbocycles. The Balaban J connectivity index is -0.000000405. The zero-order valence-corrected chi connectivity index (χ0v) is 8.24. The van der Waals surface area contributed by atoms with Crippen molar-refractivity contribution in [1.82, 2.24) is 0 Å². The molecule has 0 radical (unpaired) electrons. The number of aliphatic carboxylic acids is 2. The molecular formula is C5H9KNNaO4. The van der Waals surface area contributed by atoms with Crippen molar-refractivity contribution in [2.45, 2.75) is 18.9 Å². The van der Waals surface area contributed by atoms with Gasteiger partial charge in [0, 0.05) is 12.5 Å². The molecule has 0 spiro atoms. The van der Waals surface area contributed by atoms with Crippen LogP contribution in [0.5, 0.6) is 0 Å². The van der Waals surface area contributed by atoms with Crippen molar-refractivity contribution >= 4 is 63.3 Å². The van der Waals surface area contributed by atoms with E-state index in [-0.39, 0.29) is 93.8 Å². The van der Waals surface area contributed by atoms with Crippen molar-refractivity contribution in [1.29, 1.82) is 0 Å². The molecule has 0 aliphatic carbocycles. The topological polar surface area (TPSA) is 103 Å². The Morgan fingerprint density at radius 3 is 2.17 bits per heavy atom. The molecule has 0 saturated heterocycles. The minimum atomic E-state index is -1.42. The Morgan fingerprint density at radius 1 is 1.50 bits per heavy atom. The van der Waals surface area contributed by atoms with Gasteiger partial charge < -0.3 is 20.7 Å². The number of hydrogen-bond donors (Lipinski definition) is 2. The molecule has 0 aromatic rings. The molecule has 60 valence electrons. The maximum absolute atomic E-state index is 9.88. The van der Waals surface area contributed by atoms with Crippen LogP contribution < -0.4 is 40.4 Å². The maximum Gasteiger partial charge on any atom is 1.00 e. The van der Waals surface area contributed by atoms with Gasteiger partial charge in [0.1, 0.15) is 0 Å². The zero-order valence-electron chi connectivity index (χ0n) is 6.24. The van der Waals surface area contributed by atoms with Crippen molar-refractivity contribution in [2.75, 3.05) is 0 Å². The van der Waals surface area contributed by atoms with E-state index in [2.05, 4.69) is 0 Å². The number of rotatable bonds is 4. The van der Waals surface area contributed by atoms with Crippen LogP contribution in [0, 0.1) is 0 Å². The molecule has 7 heteroatoms. The summed E-state index contributed by atoms with van der Waals surface area (Å²) >= 11 is 0. The third-order valence-electron chi connectivity index (χ3n) is 0.972. The van der Waals surface area contributed by atoms with Gasteiger partial charge in [-0.05, 0) is 6.42 Å². The predicted octanol–water partition coefficient (Wildman–Crippen LogP) is -5.72. The van der Waals surface area contributed by atoms with Crippen molar-refractivity contribution in [3.8, 4) is 0 Å². The summed E-state index contributed by atoms with van der Waals surface area (Å²) in [5.74, 6) is -2.47. The van der Waals surface area contributed by atoms with Crippen LogP contribution in [0.1, 0.15) is 12.8 Å². The molecule has 1 atom stereocenters. The molecule has 1 unspecified atom stereocenters. The minimum Gasteiger partial charge on any atom is 1.00 e. The molecule has 0 aromatic heterocycles. The molecule has 0 amide bonds. The monoisotopic (exact) mass is 209 g/mol. The van der Waals surface area contributed by atoms with Crippen molar-refractivity contribution in [3.05, 3.63) is 0 Å². The molecule has 5 nitrogen and oxygen atoms in total. The minimum absolute atomic E-state index is 0. The predicted molar refractivity (Wildman–Crippen MR) is 37.0 cm³/mol. The van der Waals surface area contributed by atoms with Gasteiger partial charge in [-0.15, -0.1) is 0 Å². The summed E-state index contributed by atoms with van der Waals surface area (Å²) in [6.45, 7) is 0. The van der Waals surface area contributed by atoms with E-state index < -0.39 is 18.0 Å². The molecule has 0 aliphatic heterocycles. The fourth-order valence-electron chi connectivity index (χ4n) is 0.397. The maximum atomic E-state index is 9.88. The van der Waals surface area contributed by atoms with Gasteiger partial charge in [0.15, 0.2) is 0 Å². The van der Waals surface area contributed by atoms with Crippen LogP contribution in [0.4, 0.5) is 0 Å². The number of carbonyl (C=O) groups excluding carboxylic acids is 1. The van der Waals surface area contributed by atoms with Crippen LogP contribution in [-0.2, 0) is 9.59 Å². The average Bonchev–Trinajstić information content (AvgIpc) is 1.82. The van der Waals surface area contributed by atoms with Crippen molar-refractivity contribution in [2.24, 2.45) is 5.73 Å². The zero-order chi connectivity index (χ0) is 8.15. The van der Waals surface area contributed by atoms with Crippen LogP contribution in [-0.4, -0.2) is 74.5 Å². The molecular weight excluding hydrogens is 200 g/mol. The second-order valence-electron chi connectivity index (χ2n) is 1.86. The van der Waals surface area contributed by atoms with Gasteiger partial charge >= 0.3 is 86.9 Å². The van der Waals surface area contributed by atoms with Crippen LogP contribution in [0.15, 0.2) is 0 Å². The summed E-state index contributed by atoms with van der Waals surface area (Å²) < 4.78 is 0. The Kier molecular flexibility index (Phi) is 17.0.